The predicted molar refractivity (Wildman–Crippen MR) is 90.4 cm³/mol. The van der Waals surface area contributed by atoms with Crippen LogP contribution in [0.2, 0.25) is 0 Å². The highest BCUT2D eigenvalue weighted by Crippen LogP contribution is 2.18. The van der Waals surface area contributed by atoms with Crippen LogP contribution in [0.5, 0.6) is 0 Å². The van der Waals surface area contributed by atoms with E-state index in [2.05, 4.69) is 4.98 Å². The molecule has 1 atom stereocenters. The summed E-state index contributed by atoms with van der Waals surface area (Å²) in [4.78, 5) is 51.8. The van der Waals surface area contributed by atoms with E-state index >= 15 is 0 Å². The van der Waals surface area contributed by atoms with Crippen molar-refractivity contribution in [2.75, 3.05) is 6.54 Å². The van der Waals surface area contributed by atoms with Crippen molar-refractivity contribution in [2.45, 2.75) is 38.3 Å². The summed E-state index contributed by atoms with van der Waals surface area (Å²) in [6.07, 6.45) is 1.53. The molecule has 25 heavy (non-hydrogen) atoms. The summed E-state index contributed by atoms with van der Waals surface area (Å²) >= 11 is 0. The topological polar surface area (TPSA) is 112 Å². The molecule has 1 aromatic carbocycles. The number of hydrogen-bond acceptors (Lipinski definition) is 4. The minimum absolute atomic E-state index is 0.0997. The van der Waals surface area contributed by atoms with Gasteiger partial charge in [0.1, 0.15) is 6.04 Å². The zero-order valence-corrected chi connectivity index (χ0v) is 13.6. The third kappa shape index (κ3) is 3.33. The number of benzene rings is 1. The lowest BCUT2D eigenvalue weighted by molar-refractivity contribution is -0.148. The Bertz CT molecular complexity index is 930. The van der Waals surface area contributed by atoms with Crippen molar-refractivity contribution in [1.82, 2.24) is 14.5 Å². The molecule has 0 radical (unpaired) electrons. The average molecular weight is 345 g/mol. The van der Waals surface area contributed by atoms with Crippen molar-refractivity contribution in [3.8, 4) is 0 Å². The lowest BCUT2D eigenvalue weighted by Gasteiger charge is -2.21. The van der Waals surface area contributed by atoms with Gasteiger partial charge in [-0.05, 0) is 31.4 Å². The van der Waals surface area contributed by atoms with Gasteiger partial charge in [-0.25, -0.2) is 9.59 Å². The molecule has 1 saturated heterocycles. The average Bonchev–Trinajstić information content (AvgIpc) is 3.08. The van der Waals surface area contributed by atoms with Gasteiger partial charge in [-0.1, -0.05) is 12.1 Å². The zero-order valence-electron chi connectivity index (χ0n) is 13.6. The monoisotopic (exact) mass is 345 g/mol. The molecule has 0 bridgehead atoms. The number of likely N-dealkylation sites (tertiary alicyclic amines) is 1. The van der Waals surface area contributed by atoms with Crippen LogP contribution in [-0.2, 0) is 16.1 Å². The predicted octanol–water partition coefficient (Wildman–Crippen LogP) is 0.546. The number of H-pyrrole nitrogens is 1. The molecule has 0 aliphatic carbocycles. The molecular formula is C17H19N3O5. The van der Waals surface area contributed by atoms with Crippen LogP contribution in [0.25, 0.3) is 10.9 Å². The minimum Gasteiger partial charge on any atom is -0.480 e. The number of fused-ring (bicyclic) bond motifs is 1. The highest BCUT2D eigenvalue weighted by atomic mass is 16.4. The number of para-hydroxylation sites is 1. The van der Waals surface area contributed by atoms with Gasteiger partial charge in [0.25, 0.3) is 5.56 Å². The number of amides is 1. The standard InChI is InChI=1S/C17H19N3O5/c21-14(19-9-3-7-13(19)16(23)24)8-4-10-20-15(22)11-5-1-2-6-12(11)18-17(20)25/h1-2,5-6,13H,3-4,7-10H2,(H,18,25)(H,23,24)/t13-/m1/s1. The molecule has 1 aliphatic rings. The fourth-order valence-electron chi connectivity index (χ4n) is 3.26. The molecule has 1 aromatic heterocycles. The van der Waals surface area contributed by atoms with Crippen LogP contribution in [0.3, 0.4) is 0 Å². The highest BCUT2D eigenvalue weighted by Gasteiger charge is 2.33. The van der Waals surface area contributed by atoms with Gasteiger partial charge >= 0.3 is 11.7 Å². The van der Waals surface area contributed by atoms with E-state index in [9.17, 15) is 19.2 Å². The van der Waals surface area contributed by atoms with Crippen molar-refractivity contribution >= 4 is 22.8 Å². The molecule has 3 rings (SSSR count). The first-order valence-electron chi connectivity index (χ1n) is 8.23. The van der Waals surface area contributed by atoms with Gasteiger partial charge in [0.05, 0.1) is 10.9 Å². The van der Waals surface area contributed by atoms with Gasteiger partial charge in [-0.15, -0.1) is 0 Å². The molecule has 2 N–H and O–H groups in total. The molecular weight excluding hydrogens is 326 g/mol. The van der Waals surface area contributed by atoms with Crippen LogP contribution in [0, 0.1) is 0 Å². The number of carboxylic acid groups (broad SMARTS) is 1. The number of rotatable bonds is 5. The molecule has 132 valence electrons. The molecule has 0 unspecified atom stereocenters. The number of nitrogens with zero attached hydrogens (tertiary/aromatic N) is 2. The number of nitrogens with one attached hydrogen (secondary N) is 1. The maximum atomic E-state index is 12.4. The Morgan fingerprint density at radius 1 is 1.24 bits per heavy atom. The molecule has 8 heteroatoms. The first-order chi connectivity index (χ1) is 12.0. The molecule has 0 saturated carbocycles. The van der Waals surface area contributed by atoms with E-state index in [1.807, 2.05) is 0 Å². The van der Waals surface area contributed by atoms with Crippen LogP contribution in [0.15, 0.2) is 33.9 Å². The zero-order chi connectivity index (χ0) is 18.0. The Morgan fingerprint density at radius 3 is 2.76 bits per heavy atom. The van der Waals surface area contributed by atoms with Gasteiger partial charge in [0, 0.05) is 19.5 Å². The van der Waals surface area contributed by atoms with Crippen molar-refractivity contribution in [2.24, 2.45) is 0 Å². The number of aromatic nitrogens is 2. The van der Waals surface area contributed by atoms with Gasteiger partial charge < -0.3 is 15.0 Å². The fourth-order valence-corrected chi connectivity index (χ4v) is 3.26. The SMILES string of the molecule is O=C(O)[C@H]1CCCN1C(=O)CCCn1c(=O)[nH]c2ccccc2c1=O. The van der Waals surface area contributed by atoms with E-state index < -0.39 is 23.3 Å². The van der Waals surface area contributed by atoms with E-state index in [4.69, 9.17) is 5.11 Å². The van der Waals surface area contributed by atoms with Gasteiger partial charge in [0.2, 0.25) is 5.91 Å². The van der Waals surface area contributed by atoms with Crippen molar-refractivity contribution in [3.63, 3.8) is 0 Å². The summed E-state index contributed by atoms with van der Waals surface area (Å²) in [7, 11) is 0. The van der Waals surface area contributed by atoms with Gasteiger partial charge in [0.15, 0.2) is 0 Å². The van der Waals surface area contributed by atoms with Crippen LogP contribution in [0.1, 0.15) is 25.7 Å². The second-order valence-corrected chi connectivity index (χ2v) is 6.12. The lowest BCUT2D eigenvalue weighted by atomic mass is 10.2. The van der Waals surface area contributed by atoms with Crippen molar-refractivity contribution < 1.29 is 14.7 Å². The number of hydrogen-bond donors (Lipinski definition) is 2. The minimum atomic E-state index is -0.993. The van der Waals surface area contributed by atoms with Crippen LogP contribution >= 0.6 is 0 Å². The largest absolute Gasteiger partial charge is 0.480 e. The third-order valence-corrected chi connectivity index (χ3v) is 4.52. The van der Waals surface area contributed by atoms with E-state index in [1.54, 1.807) is 24.3 Å². The van der Waals surface area contributed by atoms with E-state index in [0.29, 0.717) is 36.7 Å². The van der Waals surface area contributed by atoms with Crippen molar-refractivity contribution in [3.05, 3.63) is 45.1 Å². The molecule has 1 aliphatic heterocycles. The molecule has 2 heterocycles. The molecule has 1 amide bonds. The summed E-state index contributed by atoms with van der Waals surface area (Å²) in [6, 6.07) is 5.98. The quantitative estimate of drug-likeness (QED) is 0.821. The van der Waals surface area contributed by atoms with Crippen LogP contribution < -0.4 is 11.2 Å². The number of aromatic amines is 1. The maximum Gasteiger partial charge on any atom is 0.328 e. The Labute approximate surface area is 142 Å². The Morgan fingerprint density at radius 2 is 2.00 bits per heavy atom. The summed E-state index contributed by atoms with van der Waals surface area (Å²) in [5.74, 6) is -1.25. The van der Waals surface area contributed by atoms with E-state index in [1.165, 1.54) is 4.90 Å². The summed E-state index contributed by atoms with van der Waals surface area (Å²) in [5.41, 5.74) is -0.427. The van der Waals surface area contributed by atoms with E-state index in [0.717, 1.165) is 4.57 Å². The van der Waals surface area contributed by atoms with Crippen LogP contribution in [0.4, 0.5) is 0 Å². The number of carboxylic acids is 1. The van der Waals surface area contributed by atoms with Crippen LogP contribution in [-0.4, -0.2) is 44.0 Å². The number of carbonyl (C=O) groups is 2. The Balaban J connectivity index is 1.69. The fraction of sp³-hybridized carbons (Fsp3) is 0.412. The number of aliphatic carboxylic acids is 1. The molecule has 0 spiro atoms. The number of carbonyl (C=O) groups excluding carboxylic acids is 1. The molecule has 8 nitrogen and oxygen atoms in total. The normalized spacial score (nSPS) is 17.1. The van der Waals surface area contributed by atoms with Gasteiger partial charge in [-0.2, -0.15) is 0 Å². The molecule has 1 fully saturated rings. The second kappa shape index (κ2) is 6.92. The molecule has 2 aromatic rings. The second-order valence-electron chi connectivity index (χ2n) is 6.12. The summed E-state index contributed by atoms with van der Waals surface area (Å²) < 4.78 is 1.08. The lowest BCUT2D eigenvalue weighted by Crippen LogP contribution is -2.40. The Hall–Kier alpha value is -2.90. The maximum absolute atomic E-state index is 12.4. The first-order valence-corrected chi connectivity index (χ1v) is 8.23. The van der Waals surface area contributed by atoms with Crippen molar-refractivity contribution in [1.29, 1.82) is 0 Å². The summed E-state index contributed by atoms with van der Waals surface area (Å²) in [6.45, 7) is 0.544. The smallest absolute Gasteiger partial charge is 0.328 e. The first kappa shape index (κ1) is 16.9. The van der Waals surface area contributed by atoms with E-state index in [-0.39, 0.29) is 18.9 Å². The highest BCUT2D eigenvalue weighted by molar-refractivity contribution is 5.84. The van der Waals surface area contributed by atoms with Gasteiger partial charge in [-0.3, -0.25) is 14.2 Å². The Kier molecular flexibility index (Phi) is 4.69. The third-order valence-electron chi connectivity index (χ3n) is 4.52. The summed E-state index contributed by atoms with van der Waals surface area (Å²) in [5, 5.41) is 9.54.